The Bertz CT molecular complexity index is 908. The van der Waals surface area contributed by atoms with Crippen molar-refractivity contribution >= 4 is 5.91 Å². The van der Waals surface area contributed by atoms with Crippen molar-refractivity contribution in [3.05, 3.63) is 83.6 Å². The van der Waals surface area contributed by atoms with Gasteiger partial charge in [-0.3, -0.25) is 9.69 Å². The largest absolute Gasteiger partial charge is 0.457 e. The fourth-order valence-electron chi connectivity index (χ4n) is 4.35. The number of allylic oxidation sites excluding steroid dienone is 3. The fourth-order valence-corrected chi connectivity index (χ4v) is 4.35. The Balaban J connectivity index is 0.00000141. The molecule has 2 aliphatic rings. The van der Waals surface area contributed by atoms with E-state index in [0.717, 1.165) is 49.7 Å². The molecule has 0 aromatic heterocycles. The summed E-state index contributed by atoms with van der Waals surface area (Å²) in [5.74, 6) is 2.38. The third-order valence-corrected chi connectivity index (χ3v) is 5.88. The molecule has 32 heavy (non-hydrogen) atoms. The first-order chi connectivity index (χ1) is 15.7. The van der Waals surface area contributed by atoms with E-state index in [4.69, 9.17) is 4.74 Å². The van der Waals surface area contributed by atoms with Crippen LogP contribution in [0.25, 0.3) is 0 Å². The molecular formula is C28H36N2O2. The van der Waals surface area contributed by atoms with E-state index in [9.17, 15) is 4.79 Å². The van der Waals surface area contributed by atoms with Crippen molar-refractivity contribution in [3.63, 3.8) is 0 Å². The first-order valence-corrected chi connectivity index (χ1v) is 11.9. The van der Waals surface area contributed by atoms with Crippen molar-refractivity contribution in [3.8, 4) is 11.5 Å². The Morgan fingerprint density at radius 1 is 1.00 bits per heavy atom. The minimum Gasteiger partial charge on any atom is -0.457 e. The summed E-state index contributed by atoms with van der Waals surface area (Å²) in [6.07, 6.45) is 8.86. The monoisotopic (exact) mass is 432 g/mol. The number of likely N-dealkylation sites (tertiary alicyclic amines) is 1. The van der Waals surface area contributed by atoms with Crippen LogP contribution in [0.2, 0.25) is 0 Å². The minimum absolute atomic E-state index is 0.00811. The van der Waals surface area contributed by atoms with E-state index in [1.165, 1.54) is 24.0 Å². The number of benzene rings is 2. The zero-order chi connectivity index (χ0) is 22.8. The van der Waals surface area contributed by atoms with E-state index >= 15 is 0 Å². The SMILES string of the molecule is CC.CC(=O)NC1=CCCC(C2CCN(Cc3ccc(Oc4ccccc4)cc3)CC2)=C1. The van der Waals surface area contributed by atoms with Crippen molar-refractivity contribution in [2.24, 2.45) is 5.92 Å². The number of hydrogen-bond acceptors (Lipinski definition) is 3. The van der Waals surface area contributed by atoms with Crippen LogP contribution in [0.1, 0.15) is 52.0 Å². The zero-order valence-corrected chi connectivity index (χ0v) is 19.6. The number of hydrogen-bond donors (Lipinski definition) is 1. The van der Waals surface area contributed by atoms with Crippen molar-refractivity contribution in [1.29, 1.82) is 0 Å². The molecule has 0 spiro atoms. The molecular weight excluding hydrogens is 396 g/mol. The highest BCUT2D eigenvalue weighted by Crippen LogP contribution is 2.31. The third-order valence-electron chi connectivity index (χ3n) is 5.88. The van der Waals surface area contributed by atoms with Crippen LogP contribution in [0.4, 0.5) is 0 Å². The van der Waals surface area contributed by atoms with Crippen LogP contribution in [-0.4, -0.2) is 23.9 Å². The van der Waals surface area contributed by atoms with Crippen LogP contribution in [-0.2, 0) is 11.3 Å². The molecule has 2 aromatic carbocycles. The lowest BCUT2D eigenvalue weighted by Gasteiger charge is -2.34. The summed E-state index contributed by atoms with van der Waals surface area (Å²) < 4.78 is 5.89. The van der Waals surface area contributed by atoms with Crippen LogP contribution in [0, 0.1) is 5.92 Å². The summed E-state index contributed by atoms with van der Waals surface area (Å²) in [7, 11) is 0. The molecule has 0 saturated carbocycles. The van der Waals surface area contributed by atoms with E-state index in [2.05, 4.69) is 46.6 Å². The van der Waals surface area contributed by atoms with E-state index in [-0.39, 0.29) is 5.91 Å². The summed E-state index contributed by atoms with van der Waals surface area (Å²) in [5.41, 5.74) is 3.80. The molecule has 0 atom stereocenters. The maximum atomic E-state index is 11.3. The molecule has 1 N–H and O–H groups in total. The number of carbonyl (C=O) groups excluding carboxylic acids is 1. The van der Waals surface area contributed by atoms with E-state index in [0.29, 0.717) is 5.92 Å². The minimum atomic E-state index is 0.00811. The van der Waals surface area contributed by atoms with Crippen molar-refractivity contribution in [1.82, 2.24) is 10.2 Å². The highest BCUT2D eigenvalue weighted by Gasteiger charge is 2.23. The van der Waals surface area contributed by atoms with Crippen LogP contribution in [0.3, 0.4) is 0 Å². The Labute approximate surface area is 193 Å². The summed E-state index contributed by atoms with van der Waals surface area (Å²) in [5, 5.41) is 2.94. The predicted octanol–water partition coefficient (Wildman–Crippen LogP) is 6.46. The smallest absolute Gasteiger partial charge is 0.221 e. The highest BCUT2D eigenvalue weighted by molar-refractivity contribution is 5.75. The second-order valence-electron chi connectivity index (χ2n) is 8.21. The predicted molar refractivity (Wildman–Crippen MR) is 132 cm³/mol. The lowest BCUT2D eigenvalue weighted by atomic mass is 9.84. The molecule has 1 fully saturated rings. The van der Waals surface area contributed by atoms with Crippen molar-refractivity contribution in [2.45, 2.75) is 53.0 Å². The van der Waals surface area contributed by atoms with Gasteiger partial charge in [0.05, 0.1) is 0 Å². The number of piperidine rings is 1. The normalized spacial score (nSPS) is 16.8. The quantitative estimate of drug-likeness (QED) is 0.570. The van der Waals surface area contributed by atoms with Crippen LogP contribution >= 0.6 is 0 Å². The number of ether oxygens (including phenoxy) is 1. The number of para-hydroxylation sites is 1. The van der Waals surface area contributed by atoms with E-state index < -0.39 is 0 Å². The molecule has 1 aliphatic carbocycles. The molecule has 0 bridgehead atoms. The zero-order valence-electron chi connectivity index (χ0n) is 19.6. The molecule has 0 radical (unpaired) electrons. The molecule has 1 saturated heterocycles. The Morgan fingerprint density at radius 3 is 2.31 bits per heavy atom. The summed E-state index contributed by atoms with van der Waals surface area (Å²) >= 11 is 0. The van der Waals surface area contributed by atoms with Gasteiger partial charge in [0, 0.05) is 19.2 Å². The molecule has 0 unspecified atom stereocenters. The van der Waals surface area contributed by atoms with Gasteiger partial charge in [0.1, 0.15) is 11.5 Å². The van der Waals surface area contributed by atoms with Gasteiger partial charge in [-0.1, -0.05) is 55.8 Å². The highest BCUT2D eigenvalue weighted by atomic mass is 16.5. The molecule has 2 aromatic rings. The van der Waals surface area contributed by atoms with Gasteiger partial charge in [0.2, 0.25) is 5.91 Å². The van der Waals surface area contributed by atoms with E-state index in [1.54, 1.807) is 6.92 Å². The molecule has 4 rings (SSSR count). The second-order valence-corrected chi connectivity index (χ2v) is 8.21. The lowest BCUT2D eigenvalue weighted by Crippen LogP contribution is -2.34. The summed E-state index contributed by atoms with van der Waals surface area (Å²) in [6, 6.07) is 18.3. The average Bonchev–Trinajstić information content (AvgIpc) is 2.83. The lowest BCUT2D eigenvalue weighted by molar-refractivity contribution is -0.118. The van der Waals surface area contributed by atoms with Gasteiger partial charge < -0.3 is 10.1 Å². The topological polar surface area (TPSA) is 41.6 Å². The molecule has 1 aliphatic heterocycles. The standard InChI is InChI=1S/C26H30N2O2.C2H6/c1-20(29)27-24-7-5-6-23(18-24)22-14-16-28(17-15-22)19-21-10-12-26(13-11-21)30-25-8-3-2-4-9-25;1-2/h2-4,7-13,18,22H,5-6,14-17,19H2,1H3,(H,27,29);1-2H3. The maximum absolute atomic E-state index is 11.3. The van der Waals surface area contributed by atoms with E-state index in [1.807, 2.05) is 44.2 Å². The molecule has 170 valence electrons. The van der Waals surface area contributed by atoms with Gasteiger partial charge in [0.25, 0.3) is 0 Å². The van der Waals surface area contributed by atoms with Crippen LogP contribution in [0.15, 0.2) is 78.0 Å². The maximum Gasteiger partial charge on any atom is 0.221 e. The number of nitrogens with zero attached hydrogens (tertiary/aromatic N) is 1. The van der Waals surface area contributed by atoms with Gasteiger partial charge in [-0.15, -0.1) is 0 Å². The molecule has 1 amide bonds. The molecule has 1 heterocycles. The van der Waals surface area contributed by atoms with Gasteiger partial charge in [-0.25, -0.2) is 0 Å². The number of nitrogens with one attached hydrogen (secondary N) is 1. The van der Waals surface area contributed by atoms with Crippen molar-refractivity contribution in [2.75, 3.05) is 13.1 Å². The van der Waals surface area contributed by atoms with Crippen LogP contribution < -0.4 is 10.1 Å². The Kier molecular flexibility index (Phi) is 9.12. The first-order valence-electron chi connectivity index (χ1n) is 11.9. The average molecular weight is 433 g/mol. The third kappa shape index (κ3) is 7.10. The summed E-state index contributed by atoms with van der Waals surface area (Å²) in [6.45, 7) is 8.78. The van der Waals surface area contributed by atoms with Gasteiger partial charge in [-0.05, 0) is 80.6 Å². The van der Waals surface area contributed by atoms with Gasteiger partial charge in [0.15, 0.2) is 0 Å². The van der Waals surface area contributed by atoms with Crippen LogP contribution in [0.5, 0.6) is 11.5 Å². The summed E-state index contributed by atoms with van der Waals surface area (Å²) in [4.78, 5) is 13.9. The molecule has 4 nitrogen and oxygen atoms in total. The Hall–Kier alpha value is -2.85. The Morgan fingerprint density at radius 2 is 1.66 bits per heavy atom. The number of rotatable bonds is 6. The van der Waals surface area contributed by atoms with Gasteiger partial charge >= 0.3 is 0 Å². The number of carbonyl (C=O) groups is 1. The second kappa shape index (κ2) is 12.3. The first kappa shape index (κ1) is 23.8. The van der Waals surface area contributed by atoms with Gasteiger partial charge in [-0.2, -0.15) is 0 Å². The van der Waals surface area contributed by atoms with Crippen molar-refractivity contribution < 1.29 is 9.53 Å². The fraction of sp³-hybridized carbons (Fsp3) is 0.393. The molecule has 4 heteroatoms. The number of amides is 1.